The number of benzene rings is 3. The Balaban J connectivity index is 1.74. The van der Waals surface area contributed by atoms with Gasteiger partial charge in [-0.1, -0.05) is 54.6 Å². The standard InChI is InChI=1S/C26H23N2O/c1-17-8-7-9-18(2)25(17)28-16-24-27-15-14-20(21-11-5-6-13-23(21)29-24)19-10-3-4-12-22(19)26(27)28/h3-13,16,20H,14-15H2,1-2H3/q+1. The summed E-state index contributed by atoms with van der Waals surface area (Å²) in [6, 6.07) is 23.9. The Morgan fingerprint density at radius 2 is 1.59 bits per heavy atom. The Morgan fingerprint density at radius 1 is 0.862 bits per heavy atom. The zero-order valence-electron chi connectivity index (χ0n) is 16.7. The van der Waals surface area contributed by atoms with Gasteiger partial charge in [-0.2, -0.15) is 9.13 Å². The van der Waals surface area contributed by atoms with Crippen LogP contribution in [-0.2, 0) is 6.54 Å². The summed E-state index contributed by atoms with van der Waals surface area (Å²) in [6.45, 7) is 5.31. The lowest BCUT2D eigenvalue weighted by Gasteiger charge is -2.21. The zero-order valence-corrected chi connectivity index (χ0v) is 16.7. The van der Waals surface area contributed by atoms with Gasteiger partial charge in [0.2, 0.25) is 0 Å². The lowest BCUT2D eigenvalue weighted by atomic mass is 9.85. The molecular formula is C26H23N2O+. The number of aromatic nitrogens is 2. The van der Waals surface area contributed by atoms with Gasteiger partial charge in [0.1, 0.15) is 11.4 Å². The molecule has 3 nitrogen and oxygen atoms in total. The third-order valence-corrected chi connectivity index (χ3v) is 6.40. The van der Waals surface area contributed by atoms with E-state index < -0.39 is 0 Å². The molecule has 4 aromatic rings. The maximum absolute atomic E-state index is 6.53. The van der Waals surface area contributed by atoms with Crippen molar-refractivity contribution in [3.8, 4) is 28.7 Å². The number of rotatable bonds is 1. The summed E-state index contributed by atoms with van der Waals surface area (Å²) >= 11 is 0. The second kappa shape index (κ2) is 6.08. The summed E-state index contributed by atoms with van der Waals surface area (Å²) < 4.78 is 11.2. The molecule has 1 unspecified atom stereocenters. The average molecular weight is 379 g/mol. The molecule has 0 spiro atoms. The van der Waals surface area contributed by atoms with E-state index in [0.29, 0.717) is 5.92 Å². The first-order valence-electron chi connectivity index (χ1n) is 10.3. The van der Waals surface area contributed by atoms with Gasteiger partial charge in [-0.15, -0.1) is 0 Å². The molecule has 1 atom stereocenters. The molecule has 0 saturated carbocycles. The van der Waals surface area contributed by atoms with Crippen LogP contribution in [0, 0.1) is 13.8 Å². The molecule has 0 saturated heterocycles. The number of ether oxygens (including phenoxy) is 1. The quantitative estimate of drug-likeness (QED) is 0.389. The van der Waals surface area contributed by atoms with Gasteiger partial charge in [-0.25, -0.2) is 0 Å². The van der Waals surface area contributed by atoms with Gasteiger partial charge in [0.05, 0.1) is 12.1 Å². The van der Waals surface area contributed by atoms with Crippen molar-refractivity contribution in [3.05, 3.63) is 95.2 Å². The van der Waals surface area contributed by atoms with Crippen LogP contribution in [0.15, 0.2) is 72.9 Å². The number of hydrogen-bond acceptors (Lipinski definition) is 1. The minimum atomic E-state index is 0.335. The summed E-state index contributed by atoms with van der Waals surface area (Å²) in [5, 5.41) is 0. The lowest BCUT2D eigenvalue weighted by Crippen LogP contribution is -2.36. The Kier molecular flexibility index (Phi) is 3.48. The van der Waals surface area contributed by atoms with Crippen LogP contribution in [0.1, 0.15) is 34.6 Å². The highest BCUT2D eigenvalue weighted by Crippen LogP contribution is 2.45. The van der Waals surface area contributed by atoms with Crippen molar-refractivity contribution in [1.29, 1.82) is 0 Å². The molecule has 3 aromatic carbocycles. The van der Waals surface area contributed by atoms with Crippen LogP contribution in [0.4, 0.5) is 0 Å². The average Bonchev–Trinajstić information content (AvgIpc) is 2.97. The molecule has 0 aliphatic carbocycles. The SMILES string of the molecule is Cc1cccc(C)c1-n1cc2[n+]3c1-c1ccccc1C(CC3)c1ccccc1O2. The fourth-order valence-electron chi connectivity index (χ4n) is 5.12. The maximum Gasteiger partial charge on any atom is 0.331 e. The Labute approximate surface area is 170 Å². The van der Waals surface area contributed by atoms with Crippen LogP contribution >= 0.6 is 0 Å². The van der Waals surface area contributed by atoms with Gasteiger partial charge < -0.3 is 4.74 Å². The number of aryl methyl sites for hydroxylation is 2. The van der Waals surface area contributed by atoms with E-state index in [0.717, 1.165) is 24.6 Å². The van der Waals surface area contributed by atoms with Crippen LogP contribution in [0.3, 0.4) is 0 Å². The van der Waals surface area contributed by atoms with Crippen LogP contribution in [0.25, 0.3) is 17.1 Å². The predicted molar refractivity (Wildman–Crippen MR) is 114 cm³/mol. The number of imidazole rings is 1. The van der Waals surface area contributed by atoms with Gasteiger partial charge in [0.15, 0.2) is 6.20 Å². The van der Waals surface area contributed by atoms with E-state index in [1.54, 1.807) is 0 Å². The molecule has 0 amide bonds. The molecule has 3 heterocycles. The van der Waals surface area contributed by atoms with Crippen molar-refractivity contribution < 1.29 is 9.30 Å². The topological polar surface area (TPSA) is 18.0 Å². The third-order valence-electron chi connectivity index (χ3n) is 6.40. The summed E-state index contributed by atoms with van der Waals surface area (Å²) in [7, 11) is 0. The fourth-order valence-corrected chi connectivity index (χ4v) is 5.12. The molecule has 142 valence electrons. The first-order chi connectivity index (χ1) is 14.2. The molecule has 6 rings (SSSR count). The number of nitrogens with zero attached hydrogens (tertiary/aromatic N) is 2. The van der Waals surface area contributed by atoms with E-state index in [9.17, 15) is 0 Å². The monoisotopic (exact) mass is 379 g/mol. The molecule has 0 fully saturated rings. The molecule has 2 bridgehead atoms. The highest BCUT2D eigenvalue weighted by molar-refractivity contribution is 5.66. The smallest absolute Gasteiger partial charge is 0.331 e. The van der Waals surface area contributed by atoms with E-state index in [1.807, 2.05) is 0 Å². The Hall–Kier alpha value is -3.33. The minimum absolute atomic E-state index is 0.335. The number of para-hydroxylation sites is 2. The first kappa shape index (κ1) is 16.6. The molecule has 29 heavy (non-hydrogen) atoms. The molecule has 1 aromatic heterocycles. The van der Waals surface area contributed by atoms with Crippen molar-refractivity contribution in [2.24, 2.45) is 0 Å². The van der Waals surface area contributed by atoms with Gasteiger partial charge in [0.25, 0.3) is 5.82 Å². The minimum Gasteiger partial charge on any atom is -0.420 e. The van der Waals surface area contributed by atoms with E-state index >= 15 is 0 Å². The van der Waals surface area contributed by atoms with Crippen molar-refractivity contribution in [3.63, 3.8) is 0 Å². The number of fused-ring (bicyclic) bond motifs is 7. The van der Waals surface area contributed by atoms with Crippen LogP contribution in [0.2, 0.25) is 0 Å². The van der Waals surface area contributed by atoms with Crippen LogP contribution < -0.4 is 9.30 Å². The normalized spacial score (nSPS) is 16.3. The van der Waals surface area contributed by atoms with E-state index in [2.05, 4.69) is 95.9 Å². The second-order valence-corrected chi connectivity index (χ2v) is 8.12. The van der Waals surface area contributed by atoms with E-state index in [4.69, 9.17) is 4.74 Å². The van der Waals surface area contributed by atoms with Crippen LogP contribution in [-0.4, -0.2) is 4.57 Å². The highest BCUT2D eigenvalue weighted by Gasteiger charge is 2.38. The second-order valence-electron chi connectivity index (χ2n) is 8.12. The number of hydrogen-bond donors (Lipinski definition) is 0. The summed E-state index contributed by atoms with van der Waals surface area (Å²) in [4.78, 5) is 0. The molecule has 0 radical (unpaired) electrons. The third kappa shape index (κ3) is 2.34. The Morgan fingerprint density at radius 3 is 2.41 bits per heavy atom. The van der Waals surface area contributed by atoms with Crippen LogP contribution in [0.5, 0.6) is 11.6 Å². The lowest BCUT2D eigenvalue weighted by molar-refractivity contribution is -0.689. The summed E-state index contributed by atoms with van der Waals surface area (Å²) in [5.41, 5.74) is 7.75. The van der Waals surface area contributed by atoms with E-state index in [1.165, 1.54) is 39.3 Å². The van der Waals surface area contributed by atoms with Gasteiger partial charge in [0, 0.05) is 11.5 Å². The summed E-state index contributed by atoms with van der Waals surface area (Å²) in [5.74, 6) is 3.42. The predicted octanol–water partition coefficient (Wildman–Crippen LogP) is 5.69. The first-order valence-corrected chi connectivity index (χ1v) is 10.3. The highest BCUT2D eigenvalue weighted by atomic mass is 16.5. The van der Waals surface area contributed by atoms with Gasteiger partial charge >= 0.3 is 5.88 Å². The molecule has 2 aliphatic heterocycles. The van der Waals surface area contributed by atoms with Crippen molar-refractivity contribution in [1.82, 2.24) is 4.57 Å². The zero-order chi connectivity index (χ0) is 19.5. The Bertz CT molecular complexity index is 1250. The maximum atomic E-state index is 6.53. The van der Waals surface area contributed by atoms with Gasteiger partial charge in [-0.3, -0.25) is 0 Å². The van der Waals surface area contributed by atoms with Crippen molar-refractivity contribution in [2.75, 3.05) is 0 Å². The molecule has 0 N–H and O–H groups in total. The van der Waals surface area contributed by atoms with Gasteiger partial charge in [-0.05, 0) is 49.1 Å². The molecule has 3 heteroatoms. The fraction of sp³-hybridized carbons (Fsp3) is 0.192. The molecular weight excluding hydrogens is 356 g/mol. The summed E-state index contributed by atoms with van der Waals surface area (Å²) in [6.07, 6.45) is 3.24. The molecule has 2 aliphatic rings. The van der Waals surface area contributed by atoms with Crippen molar-refractivity contribution in [2.45, 2.75) is 32.7 Å². The largest absolute Gasteiger partial charge is 0.420 e. The van der Waals surface area contributed by atoms with Crippen molar-refractivity contribution >= 4 is 0 Å². The van der Waals surface area contributed by atoms with E-state index in [-0.39, 0.29) is 0 Å².